The van der Waals surface area contributed by atoms with Crippen molar-refractivity contribution in [3.05, 3.63) is 82.2 Å². The van der Waals surface area contributed by atoms with E-state index in [9.17, 15) is 22.8 Å². The number of hydrazine groups is 2. The van der Waals surface area contributed by atoms with Gasteiger partial charge in [0.1, 0.15) is 11.8 Å². The van der Waals surface area contributed by atoms with Gasteiger partial charge in [0, 0.05) is 40.8 Å². The van der Waals surface area contributed by atoms with Crippen LogP contribution in [0.15, 0.2) is 54.4 Å². The largest absolute Gasteiger partial charge is 0.395 e. The monoisotopic (exact) mass is 606 g/mol. The minimum Gasteiger partial charge on any atom is -0.382 e. The molecule has 222 valence electrons. The molecule has 2 aromatic heterocycles. The minimum absolute atomic E-state index is 0.00736. The molecule has 14 heteroatoms. The lowest BCUT2D eigenvalue weighted by Crippen LogP contribution is -2.38. The average Bonchev–Trinajstić information content (AvgIpc) is 3.30. The van der Waals surface area contributed by atoms with E-state index in [1.165, 1.54) is 18.3 Å². The highest BCUT2D eigenvalue weighted by Crippen LogP contribution is 2.40. The van der Waals surface area contributed by atoms with E-state index in [4.69, 9.17) is 11.6 Å². The minimum atomic E-state index is -4.51. The Kier molecular flexibility index (Phi) is 8.52. The van der Waals surface area contributed by atoms with Crippen LogP contribution in [0.2, 0.25) is 5.02 Å². The number of nitrogens with one attached hydrogen (secondary N) is 4. The molecule has 3 heterocycles. The molecule has 4 N–H and O–H groups in total. The van der Waals surface area contributed by atoms with Crippen LogP contribution in [0.1, 0.15) is 50.1 Å². The van der Waals surface area contributed by atoms with Crippen molar-refractivity contribution in [1.82, 2.24) is 25.9 Å². The van der Waals surface area contributed by atoms with Crippen LogP contribution in [0.5, 0.6) is 0 Å². The zero-order chi connectivity index (χ0) is 31.0. The third-order valence-electron chi connectivity index (χ3n) is 6.97. The number of aryl methyl sites for hydroxylation is 1. The number of aromatic nitrogens is 2. The number of alkyl halides is 3. The van der Waals surface area contributed by atoms with Gasteiger partial charge in [-0.15, -0.1) is 5.53 Å². The highest BCUT2D eigenvalue weighted by Gasteiger charge is 2.47. The molecule has 0 unspecified atom stereocenters. The van der Waals surface area contributed by atoms with Crippen molar-refractivity contribution in [3.8, 4) is 6.07 Å². The predicted octanol–water partition coefficient (Wildman–Crippen LogP) is 7.14. The van der Waals surface area contributed by atoms with Crippen LogP contribution in [0.4, 0.5) is 33.3 Å². The number of rotatable bonds is 9. The first-order chi connectivity index (χ1) is 19.7. The van der Waals surface area contributed by atoms with Gasteiger partial charge in [0.25, 0.3) is 0 Å². The molecule has 1 atom stereocenters. The van der Waals surface area contributed by atoms with Crippen LogP contribution >= 0.6 is 11.6 Å². The molecule has 4 rings (SSSR count). The molecule has 1 aromatic carbocycles. The smallest absolute Gasteiger partial charge is 0.382 e. The van der Waals surface area contributed by atoms with E-state index in [2.05, 4.69) is 38.1 Å². The first-order valence-corrected chi connectivity index (χ1v) is 13.2. The topological polar surface area (TPSA) is 101 Å². The molecule has 3 aromatic rings. The number of benzene rings is 1. The molecule has 0 saturated carbocycles. The third-order valence-corrected chi connectivity index (χ3v) is 7.26. The SMILES string of the molecule is C=C(CC)N1NNC([C@@H](Nc2cc(Cl)c3ncc(C#N)c(NCC(C)(C)C(F)(F)F)c3c2)c2ccc(F)nc2C)=C1F. The number of nitrogens with zero attached hydrogens (tertiary/aromatic N) is 4. The summed E-state index contributed by atoms with van der Waals surface area (Å²) in [6, 6.07) is 6.63. The van der Waals surface area contributed by atoms with Crippen molar-refractivity contribution < 1.29 is 22.0 Å². The Bertz CT molecular complexity index is 1610. The molecule has 0 saturated heterocycles. The van der Waals surface area contributed by atoms with Gasteiger partial charge in [-0.25, -0.2) is 9.99 Å². The number of hydrogen-bond acceptors (Lipinski definition) is 8. The lowest BCUT2D eigenvalue weighted by molar-refractivity contribution is -0.206. The highest BCUT2D eigenvalue weighted by atomic mass is 35.5. The fraction of sp³-hybridized carbons (Fsp3) is 0.321. The second-order valence-electron chi connectivity index (χ2n) is 10.3. The van der Waals surface area contributed by atoms with Crippen molar-refractivity contribution in [1.29, 1.82) is 5.26 Å². The molecule has 0 spiro atoms. The van der Waals surface area contributed by atoms with Crippen molar-refractivity contribution in [2.75, 3.05) is 17.2 Å². The van der Waals surface area contributed by atoms with Crippen LogP contribution in [0.3, 0.4) is 0 Å². The maximum absolute atomic E-state index is 15.7. The van der Waals surface area contributed by atoms with Crippen LogP contribution in [-0.4, -0.2) is 27.7 Å². The Hall–Kier alpha value is -4.15. The van der Waals surface area contributed by atoms with E-state index in [1.54, 1.807) is 19.9 Å². The van der Waals surface area contributed by atoms with Crippen molar-refractivity contribution >= 4 is 33.9 Å². The lowest BCUT2D eigenvalue weighted by atomic mass is 9.92. The van der Waals surface area contributed by atoms with Gasteiger partial charge in [0.05, 0.1) is 33.2 Å². The zero-order valence-electron chi connectivity index (χ0n) is 23.1. The Balaban J connectivity index is 1.84. The van der Waals surface area contributed by atoms with E-state index >= 15 is 4.39 Å². The number of pyridine rings is 2. The van der Waals surface area contributed by atoms with Crippen molar-refractivity contribution in [3.63, 3.8) is 0 Å². The van der Waals surface area contributed by atoms with Crippen LogP contribution in [0, 0.1) is 29.6 Å². The number of allylic oxidation sites excluding steroid dienone is 1. The van der Waals surface area contributed by atoms with Gasteiger partial charge in [0.2, 0.25) is 11.9 Å². The molecule has 42 heavy (non-hydrogen) atoms. The number of anilines is 2. The van der Waals surface area contributed by atoms with Crippen LogP contribution in [0.25, 0.3) is 10.9 Å². The van der Waals surface area contributed by atoms with Crippen molar-refractivity contribution in [2.45, 2.75) is 46.3 Å². The van der Waals surface area contributed by atoms with Crippen LogP contribution in [-0.2, 0) is 0 Å². The summed E-state index contributed by atoms with van der Waals surface area (Å²) in [7, 11) is 0. The maximum Gasteiger partial charge on any atom is 0.395 e. The molecule has 0 aliphatic carbocycles. The van der Waals surface area contributed by atoms with Crippen LogP contribution < -0.4 is 21.6 Å². The summed E-state index contributed by atoms with van der Waals surface area (Å²) in [6.45, 7) is 8.77. The second kappa shape index (κ2) is 11.6. The van der Waals surface area contributed by atoms with Crippen molar-refractivity contribution in [2.24, 2.45) is 5.41 Å². The normalized spacial score (nSPS) is 14.5. The average molecular weight is 607 g/mol. The fourth-order valence-electron chi connectivity index (χ4n) is 4.25. The molecule has 0 bridgehead atoms. The summed E-state index contributed by atoms with van der Waals surface area (Å²) in [6.07, 6.45) is -2.84. The summed E-state index contributed by atoms with van der Waals surface area (Å²) in [5.74, 6) is -1.41. The number of fused-ring (bicyclic) bond motifs is 1. The number of halogens is 6. The Morgan fingerprint density at radius 3 is 2.57 bits per heavy atom. The molecule has 1 aliphatic rings. The Morgan fingerprint density at radius 2 is 1.95 bits per heavy atom. The molecular formula is C28H28ClF5N8. The number of hydrogen-bond donors (Lipinski definition) is 4. The van der Waals surface area contributed by atoms with Gasteiger partial charge in [-0.2, -0.15) is 27.2 Å². The molecule has 0 fully saturated rings. The van der Waals surface area contributed by atoms with E-state index in [0.29, 0.717) is 23.4 Å². The fourth-order valence-corrected chi connectivity index (χ4v) is 4.52. The predicted molar refractivity (Wildman–Crippen MR) is 151 cm³/mol. The van der Waals surface area contributed by atoms with Gasteiger partial charge in [-0.05, 0) is 45.4 Å². The van der Waals surface area contributed by atoms with Gasteiger partial charge < -0.3 is 16.1 Å². The second-order valence-corrected chi connectivity index (χ2v) is 10.7. The van der Waals surface area contributed by atoms with Gasteiger partial charge in [0.15, 0.2) is 0 Å². The number of nitriles is 1. The van der Waals surface area contributed by atoms with Gasteiger partial charge in [-0.1, -0.05) is 31.2 Å². The maximum atomic E-state index is 15.7. The highest BCUT2D eigenvalue weighted by molar-refractivity contribution is 6.35. The summed E-state index contributed by atoms with van der Waals surface area (Å²) >= 11 is 6.56. The van der Waals surface area contributed by atoms with Gasteiger partial charge in [-0.3, -0.25) is 4.98 Å². The Labute approximate surface area is 244 Å². The van der Waals surface area contributed by atoms with E-state index in [1.807, 2.05) is 6.07 Å². The van der Waals surface area contributed by atoms with Gasteiger partial charge >= 0.3 is 6.18 Å². The molecule has 8 nitrogen and oxygen atoms in total. The molecule has 0 amide bonds. The zero-order valence-corrected chi connectivity index (χ0v) is 23.9. The summed E-state index contributed by atoms with van der Waals surface area (Å²) in [5, 5.41) is 17.2. The molecule has 0 radical (unpaired) electrons. The first kappa shape index (κ1) is 30.8. The van der Waals surface area contributed by atoms with E-state index < -0.39 is 36.1 Å². The van der Waals surface area contributed by atoms with E-state index in [-0.39, 0.29) is 38.6 Å². The standard InChI is InChI=1S/C28H28ClF5N8/c1-6-14(2)42-26(31)25(40-41-42)24(18-7-8-21(30)38-15(18)3)39-17-9-19-22(37-13-27(4,5)28(32,33)34)16(11-35)12-36-23(19)20(29)10-17/h7-10,12,24,39-41H,2,6,13H2,1,3-5H3,(H,36,37)/t24-/m0/s1. The first-order valence-electron chi connectivity index (χ1n) is 12.8. The summed E-state index contributed by atoms with van der Waals surface area (Å²) in [5.41, 5.74) is 5.22. The lowest BCUT2D eigenvalue weighted by Gasteiger charge is -2.29. The quantitative estimate of drug-likeness (QED) is 0.116. The third kappa shape index (κ3) is 5.91. The molecular weight excluding hydrogens is 579 g/mol. The summed E-state index contributed by atoms with van der Waals surface area (Å²) in [4.78, 5) is 8.10. The summed E-state index contributed by atoms with van der Waals surface area (Å²) < 4.78 is 70.3. The Morgan fingerprint density at radius 1 is 1.24 bits per heavy atom. The van der Waals surface area contributed by atoms with E-state index in [0.717, 1.165) is 24.9 Å². The molecule has 1 aliphatic heterocycles.